The predicted octanol–water partition coefficient (Wildman–Crippen LogP) is 3.42. The molecule has 2 aromatic carbocycles. The third-order valence-corrected chi connectivity index (χ3v) is 3.86. The number of benzene rings is 2. The van der Waals surface area contributed by atoms with Crippen LogP contribution in [0.15, 0.2) is 73.1 Å². The SMILES string of the molecule is O=C(Cc1ccc([N+](=O)[O-])cc1)Nc1cccc(C(=O)Nc2ccncc2)c1. The van der Waals surface area contributed by atoms with Crippen LogP contribution in [-0.2, 0) is 11.2 Å². The first-order valence-corrected chi connectivity index (χ1v) is 8.36. The Labute approximate surface area is 160 Å². The lowest BCUT2D eigenvalue weighted by Crippen LogP contribution is -2.16. The number of nitrogens with one attached hydrogen (secondary N) is 2. The van der Waals surface area contributed by atoms with E-state index in [4.69, 9.17) is 0 Å². The topological polar surface area (TPSA) is 114 Å². The van der Waals surface area contributed by atoms with E-state index >= 15 is 0 Å². The number of nitrogens with zero attached hydrogens (tertiary/aromatic N) is 2. The lowest BCUT2D eigenvalue weighted by atomic mass is 10.1. The second kappa shape index (κ2) is 8.54. The summed E-state index contributed by atoms with van der Waals surface area (Å²) in [5.41, 5.74) is 2.11. The van der Waals surface area contributed by atoms with Crippen LogP contribution in [0.3, 0.4) is 0 Å². The highest BCUT2D eigenvalue weighted by molar-refractivity contribution is 6.05. The molecule has 0 aliphatic rings. The normalized spacial score (nSPS) is 10.1. The number of nitro groups is 1. The van der Waals surface area contributed by atoms with Gasteiger partial charge in [0.05, 0.1) is 11.3 Å². The molecular weight excluding hydrogens is 360 g/mol. The molecule has 2 N–H and O–H groups in total. The maximum absolute atomic E-state index is 12.3. The number of carbonyl (C=O) groups excluding carboxylic acids is 2. The van der Waals surface area contributed by atoms with E-state index in [0.717, 1.165) is 0 Å². The van der Waals surface area contributed by atoms with Crippen molar-refractivity contribution in [1.82, 2.24) is 4.98 Å². The fourth-order valence-corrected chi connectivity index (χ4v) is 2.50. The Kier molecular flexibility index (Phi) is 5.71. The number of amides is 2. The van der Waals surface area contributed by atoms with Crippen LogP contribution in [0.5, 0.6) is 0 Å². The summed E-state index contributed by atoms with van der Waals surface area (Å²) in [5, 5.41) is 16.1. The Morgan fingerprint density at radius 3 is 2.32 bits per heavy atom. The second-order valence-electron chi connectivity index (χ2n) is 5.92. The maximum Gasteiger partial charge on any atom is 0.269 e. The molecule has 0 fully saturated rings. The first kappa shape index (κ1) is 18.7. The van der Waals surface area contributed by atoms with Gasteiger partial charge >= 0.3 is 0 Å². The molecule has 1 heterocycles. The molecule has 0 aliphatic heterocycles. The van der Waals surface area contributed by atoms with Crippen molar-refractivity contribution < 1.29 is 14.5 Å². The van der Waals surface area contributed by atoms with Gasteiger partial charge in [-0.3, -0.25) is 24.7 Å². The molecule has 0 spiro atoms. The summed E-state index contributed by atoms with van der Waals surface area (Å²) in [4.78, 5) is 38.6. The molecule has 0 unspecified atom stereocenters. The number of hydrogen-bond acceptors (Lipinski definition) is 5. The number of hydrogen-bond donors (Lipinski definition) is 2. The Balaban J connectivity index is 1.62. The van der Waals surface area contributed by atoms with Crippen molar-refractivity contribution in [1.29, 1.82) is 0 Å². The van der Waals surface area contributed by atoms with Crippen molar-refractivity contribution in [2.24, 2.45) is 0 Å². The molecule has 0 bridgehead atoms. The predicted molar refractivity (Wildman–Crippen MR) is 104 cm³/mol. The highest BCUT2D eigenvalue weighted by atomic mass is 16.6. The zero-order chi connectivity index (χ0) is 19.9. The molecule has 8 nitrogen and oxygen atoms in total. The van der Waals surface area contributed by atoms with Crippen molar-refractivity contribution in [2.45, 2.75) is 6.42 Å². The minimum absolute atomic E-state index is 0.0305. The van der Waals surface area contributed by atoms with Gasteiger partial charge in [0.2, 0.25) is 5.91 Å². The van der Waals surface area contributed by atoms with Gasteiger partial charge in [0, 0.05) is 41.5 Å². The summed E-state index contributed by atoms with van der Waals surface area (Å²) >= 11 is 0. The van der Waals surface area contributed by atoms with Crippen LogP contribution in [0, 0.1) is 10.1 Å². The van der Waals surface area contributed by atoms with Crippen molar-refractivity contribution in [2.75, 3.05) is 10.6 Å². The molecule has 3 aromatic rings. The Hall–Kier alpha value is -4.07. The van der Waals surface area contributed by atoms with Crippen molar-refractivity contribution in [3.05, 3.63) is 94.3 Å². The molecule has 0 atom stereocenters. The number of aromatic nitrogens is 1. The van der Waals surface area contributed by atoms with Gasteiger partial charge in [0.25, 0.3) is 11.6 Å². The van der Waals surface area contributed by atoms with Crippen LogP contribution in [0.1, 0.15) is 15.9 Å². The van der Waals surface area contributed by atoms with Gasteiger partial charge in [-0.1, -0.05) is 18.2 Å². The minimum Gasteiger partial charge on any atom is -0.326 e. The standard InChI is InChI=1S/C20H16N4O4/c25-19(12-14-4-6-18(7-5-14)24(27)28)22-17-3-1-2-15(13-17)20(26)23-16-8-10-21-11-9-16/h1-11,13H,12H2,(H,22,25)(H,21,23,26). The summed E-state index contributed by atoms with van der Waals surface area (Å²) < 4.78 is 0. The van der Waals surface area contributed by atoms with Crippen LogP contribution >= 0.6 is 0 Å². The van der Waals surface area contributed by atoms with E-state index in [0.29, 0.717) is 22.5 Å². The average Bonchev–Trinajstić information content (AvgIpc) is 2.69. The molecule has 0 aliphatic carbocycles. The molecule has 140 valence electrons. The molecule has 8 heteroatoms. The van der Waals surface area contributed by atoms with Crippen molar-refractivity contribution in [3.63, 3.8) is 0 Å². The molecule has 0 saturated carbocycles. The molecule has 2 amide bonds. The summed E-state index contributed by atoms with van der Waals surface area (Å²) in [6, 6.07) is 15.7. The number of pyridine rings is 1. The molecular formula is C20H16N4O4. The van der Waals surface area contributed by atoms with Gasteiger partial charge in [-0.15, -0.1) is 0 Å². The Morgan fingerprint density at radius 1 is 0.929 bits per heavy atom. The Bertz CT molecular complexity index is 1000. The lowest BCUT2D eigenvalue weighted by molar-refractivity contribution is -0.384. The first-order chi connectivity index (χ1) is 13.5. The van der Waals surface area contributed by atoms with Gasteiger partial charge in [0.15, 0.2) is 0 Å². The van der Waals surface area contributed by atoms with E-state index < -0.39 is 4.92 Å². The quantitative estimate of drug-likeness (QED) is 0.505. The minimum atomic E-state index is -0.494. The van der Waals surface area contributed by atoms with Gasteiger partial charge in [-0.2, -0.15) is 0 Å². The third kappa shape index (κ3) is 4.98. The van der Waals surface area contributed by atoms with E-state index in [9.17, 15) is 19.7 Å². The zero-order valence-corrected chi connectivity index (χ0v) is 14.7. The van der Waals surface area contributed by atoms with E-state index in [-0.39, 0.29) is 23.9 Å². The highest BCUT2D eigenvalue weighted by Gasteiger charge is 2.10. The first-order valence-electron chi connectivity index (χ1n) is 8.36. The average molecular weight is 376 g/mol. The molecule has 1 aromatic heterocycles. The van der Waals surface area contributed by atoms with Crippen molar-refractivity contribution in [3.8, 4) is 0 Å². The maximum atomic E-state index is 12.3. The molecule has 0 radical (unpaired) electrons. The number of nitro benzene ring substituents is 1. The number of non-ortho nitro benzene ring substituents is 1. The zero-order valence-electron chi connectivity index (χ0n) is 14.7. The van der Waals surface area contributed by atoms with E-state index in [1.54, 1.807) is 48.8 Å². The monoisotopic (exact) mass is 376 g/mol. The lowest BCUT2D eigenvalue weighted by Gasteiger charge is -2.08. The Morgan fingerprint density at radius 2 is 1.64 bits per heavy atom. The summed E-state index contributed by atoms with van der Waals surface area (Å²) in [6.07, 6.45) is 3.21. The van der Waals surface area contributed by atoms with E-state index in [2.05, 4.69) is 15.6 Å². The number of carbonyl (C=O) groups is 2. The molecule has 28 heavy (non-hydrogen) atoms. The third-order valence-electron chi connectivity index (χ3n) is 3.86. The van der Waals surface area contributed by atoms with Gasteiger partial charge in [0.1, 0.15) is 0 Å². The molecule has 3 rings (SSSR count). The smallest absolute Gasteiger partial charge is 0.269 e. The fraction of sp³-hybridized carbons (Fsp3) is 0.0500. The van der Waals surface area contributed by atoms with Gasteiger partial charge in [-0.05, 0) is 35.9 Å². The van der Waals surface area contributed by atoms with Gasteiger partial charge < -0.3 is 10.6 Å². The largest absolute Gasteiger partial charge is 0.326 e. The van der Waals surface area contributed by atoms with Crippen LogP contribution in [0.4, 0.5) is 17.1 Å². The number of anilines is 2. The summed E-state index contributed by atoms with van der Waals surface area (Å²) in [6.45, 7) is 0. The fourth-order valence-electron chi connectivity index (χ4n) is 2.50. The van der Waals surface area contributed by atoms with Crippen LogP contribution < -0.4 is 10.6 Å². The molecule has 0 saturated heterocycles. The summed E-state index contributed by atoms with van der Waals surface area (Å²) in [5.74, 6) is -0.599. The highest BCUT2D eigenvalue weighted by Crippen LogP contribution is 2.15. The van der Waals surface area contributed by atoms with Crippen molar-refractivity contribution >= 4 is 28.9 Å². The van der Waals surface area contributed by atoms with Crippen LogP contribution in [-0.4, -0.2) is 21.7 Å². The van der Waals surface area contributed by atoms with Crippen LogP contribution in [0.25, 0.3) is 0 Å². The second-order valence-corrected chi connectivity index (χ2v) is 5.92. The van der Waals surface area contributed by atoms with E-state index in [1.807, 2.05) is 0 Å². The number of rotatable bonds is 6. The van der Waals surface area contributed by atoms with E-state index in [1.165, 1.54) is 24.3 Å². The van der Waals surface area contributed by atoms with Crippen LogP contribution in [0.2, 0.25) is 0 Å². The van der Waals surface area contributed by atoms with Gasteiger partial charge in [-0.25, -0.2) is 0 Å². The summed E-state index contributed by atoms with van der Waals surface area (Å²) in [7, 11) is 0.